The Labute approximate surface area is 111 Å². The normalized spacial score (nSPS) is 10.6. The average molecular weight is 257 g/mol. The molecule has 1 heterocycles. The van der Waals surface area contributed by atoms with Gasteiger partial charge >= 0.3 is 0 Å². The lowest BCUT2D eigenvalue weighted by Crippen LogP contribution is -1.94. The van der Waals surface area contributed by atoms with Crippen molar-refractivity contribution in [1.82, 2.24) is 4.98 Å². The van der Waals surface area contributed by atoms with E-state index >= 15 is 0 Å². The first-order valence-corrected chi connectivity index (χ1v) is 6.67. The lowest BCUT2D eigenvalue weighted by atomic mass is 10.0. The summed E-state index contributed by atoms with van der Waals surface area (Å²) in [4.78, 5) is 5.12. The molecule has 3 nitrogen and oxygen atoms in total. The topological polar surface area (TPSA) is 62.7 Å². The maximum absolute atomic E-state index is 9.08. The molecule has 0 aliphatic rings. The van der Waals surface area contributed by atoms with Crippen LogP contribution in [0.5, 0.6) is 0 Å². The van der Waals surface area contributed by atoms with Gasteiger partial charge < -0.3 is 5.73 Å². The summed E-state index contributed by atoms with van der Waals surface area (Å²) in [5, 5.41) is 9.89. The minimum absolute atomic E-state index is 0.378. The average Bonchev–Trinajstić information content (AvgIpc) is 2.82. The molecular weight excluding hydrogens is 242 g/mol. The van der Waals surface area contributed by atoms with Crippen molar-refractivity contribution in [1.29, 1.82) is 5.26 Å². The van der Waals surface area contributed by atoms with Crippen molar-refractivity contribution in [2.45, 2.75) is 26.3 Å². The second-order valence-electron chi connectivity index (χ2n) is 4.38. The SMILES string of the molecule is CC(C)c1ccc(-c2sc(CN)nc2C#N)cc1. The van der Waals surface area contributed by atoms with Gasteiger partial charge in [-0.15, -0.1) is 11.3 Å². The summed E-state index contributed by atoms with van der Waals surface area (Å²) < 4.78 is 0. The molecule has 1 aromatic carbocycles. The van der Waals surface area contributed by atoms with E-state index in [1.807, 2.05) is 12.1 Å². The van der Waals surface area contributed by atoms with E-state index < -0.39 is 0 Å². The zero-order chi connectivity index (χ0) is 13.1. The fraction of sp³-hybridized carbons (Fsp3) is 0.286. The molecule has 0 bridgehead atoms. The summed E-state index contributed by atoms with van der Waals surface area (Å²) in [6.45, 7) is 4.70. The molecule has 18 heavy (non-hydrogen) atoms. The molecule has 92 valence electrons. The van der Waals surface area contributed by atoms with Crippen molar-refractivity contribution >= 4 is 11.3 Å². The van der Waals surface area contributed by atoms with E-state index in [-0.39, 0.29) is 0 Å². The van der Waals surface area contributed by atoms with Crippen LogP contribution in [0.25, 0.3) is 10.4 Å². The third-order valence-electron chi connectivity index (χ3n) is 2.79. The predicted octanol–water partition coefficient (Wildman–Crippen LogP) is 3.26. The molecule has 2 aromatic rings. The molecule has 0 saturated heterocycles. The summed E-state index contributed by atoms with van der Waals surface area (Å²) in [5.74, 6) is 0.510. The quantitative estimate of drug-likeness (QED) is 0.918. The Kier molecular flexibility index (Phi) is 3.75. The van der Waals surface area contributed by atoms with Crippen molar-refractivity contribution in [3.8, 4) is 16.5 Å². The molecule has 0 radical (unpaired) electrons. The summed E-state index contributed by atoms with van der Waals surface area (Å²) in [7, 11) is 0. The third-order valence-corrected chi connectivity index (χ3v) is 3.92. The van der Waals surface area contributed by atoms with E-state index in [9.17, 15) is 0 Å². The molecule has 4 heteroatoms. The van der Waals surface area contributed by atoms with Crippen LogP contribution in [0.1, 0.15) is 36.0 Å². The van der Waals surface area contributed by atoms with Crippen LogP contribution in [0.15, 0.2) is 24.3 Å². The smallest absolute Gasteiger partial charge is 0.159 e. The van der Waals surface area contributed by atoms with Crippen LogP contribution in [0.3, 0.4) is 0 Å². The maximum Gasteiger partial charge on any atom is 0.159 e. The number of hydrogen-bond acceptors (Lipinski definition) is 4. The number of nitriles is 1. The Hall–Kier alpha value is -1.70. The van der Waals surface area contributed by atoms with Crippen molar-refractivity contribution in [2.24, 2.45) is 5.73 Å². The number of nitrogens with zero attached hydrogens (tertiary/aromatic N) is 2. The standard InChI is InChI=1S/C14H15N3S/c1-9(2)10-3-5-11(6-4-10)14-12(7-15)17-13(8-16)18-14/h3-6,9H,8,16H2,1-2H3. The molecular formula is C14H15N3S. The molecule has 0 fully saturated rings. The lowest BCUT2D eigenvalue weighted by molar-refractivity contribution is 0.867. The first-order chi connectivity index (χ1) is 8.65. The number of hydrogen-bond donors (Lipinski definition) is 1. The van der Waals surface area contributed by atoms with Gasteiger partial charge in [0.05, 0.1) is 4.88 Å². The highest BCUT2D eigenvalue weighted by molar-refractivity contribution is 7.15. The highest BCUT2D eigenvalue weighted by Gasteiger charge is 2.12. The summed E-state index contributed by atoms with van der Waals surface area (Å²) in [5.41, 5.74) is 8.37. The van der Waals surface area contributed by atoms with Crippen molar-refractivity contribution < 1.29 is 0 Å². The number of thiazole rings is 1. The minimum atomic E-state index is 0.378. The molecule has 1 aromatic heterocycles. The van der Waals surface area contributed by atoms with Crippen LogP contribution in [0.2, 0.25) is 0 Å². The third kappa shape index (κ3) is 2.42. The van der Waals surface area contributed by atoms with Crippen molar-refractivity contribution in [2.75, 3.05) is 0 Å². The van der Waals surface area contributed by atoms with Gasteiger partial charge in [0.1, 0.15) is 11.1 Å². The maximum atomic E-state index is 9.08. The molecule has 0 unspecified atom stereocenters. The van der Waals surface area contributed by atoms with Gasteiger partial charge in [0.15, 0.2) is 5.69 Å². The van der Waals surface area contributed by atoms with Gasteiger partial charge in [-0.1, -0.05) is 38.1 Å². The van der Waals surface area contributed by atoms with Gasteiger partial charge in [0.25, 0.3) is 0 Å². The fourth-order valence-electron chi connectivity index (χ4n) is 1.74. The monoisotopic (exact) mass is 257 g/mol. The Morgan fingerprint density at radius 3 is 2.50 bits per heavy atom. The molecule has 0 saturated carbocycles. The van der Waals surface area contributed by atoms with E-state index in [4.69, 9.17) is 11.0 Å². The van der Waals surface area contributed by atoms with Crippen LogP contribution in [-0.2, 0) is 6.54 Å². The van der Waals surface area contributed by atoms with E-state index in [2.05, 4.69) is 37.0 Å². The Morgan fingerprint density at radius 2 is 2.00 bits per heavy atom. The highest BCUT2D eigenvalue weighted by Crippen LogP contribution is 2.30. The molecule has 0 atom stereocenters. The highest BCUT2D eigenvalue weighted by atomic mass is 32.1. The largest absolute Gasteiger partial charge is 0.325 e. The Morgan fingerprint density at radius 1 is 1.33 bits per heavy atom. The van der Waals surface area contributed by atoms with Crippen molar-refractivity contribution in [3.63, 3.8) is 0 Å². The van der Waals surface area contributed by atoms with Gasteiger partial charge in [0.2, 0.25) is 0 Å². The molecule has 2 N–H and O–H groups in total. The van der Waals surface area contributed by atoms with Crippen LogP contribution in [0.4, 0.5) is 0 Å². The predicted molar refractivity (Wildman–Crippen MR) is 74.2 cm³/mol. The van der Waals surface area contributed by atoms with Gasteiger partial charge in [-0.2, -0.15) is 5.26 Å². The van der Waals surface area contributed by atoms with E-state index in [0.29, 0.717) is 18.2 Å². The molecule has 2 rings (SSSR count). The number of rotatable bonds is 3. The fourth-order valence-corrected chi connectivity index (χ4v) is 2.64. The Balaban J connectivity index is 2.42. The van der Waals surface area contributed by atoms with Gasteiger partial charge in [-0.25, -0.2) is 4.98 Å². The second kappa shape index (κ2) is 5.30. The molecule has 0 spiro atoms. The number of aromatic nitrogens is 1. The van der Waals surface area contributed by atoms with Gasteiger partial charge in [-0.3, -0.25) is 0 Å². The first kappa shape index (κ1) is 12.7. The molecule has 0 aliphatic carbocycles. The van der Waals surface area contributed by atoms with E-state index in [1.165, 1.54) is 16.9 Å². The van der Waals surface area contributed by atoms with E-state index in [1.54, 1.807) is 0 Å². The zero-order valence-electron chi connectivity index (χ0n) is 10.5. The van der Waals surface area contributed by atoms with Gasteiger partial charge in [-0.05, 0) is 17.0 Å². The first-order valence-electron chi connectivity index (χ1n) is 5.86. The molecule has 0 amide bonds. The van der Waals surface area contributed by atoms with Gasteiger partial charge in [0, 0.05) is 6.54 Å². The van der Waals surface area contributed by atoms with Crippen molar-refractivity contribution in [3.05, 3.63) is 40.5 Å². The summed E-state index contributed by atoms with van der Waals surface area (Å²) >= 11 is 1.49. The number of benzene rings is 1. The second-order valence-corrected chi connectivity index (χ2v) is 5.46. The zero-order valence-corrected chi connectivity index (χ0v) is 11.3. The van der Waals surface area contributed by atoms with Crippen LogP contribution in [-0.4, -0.2) is 4.98 Å². The summed E-state index contributed by atoms with van der Waals surface area (Å²) in [6.07, 6.45) is 0. The summed E-state index contributed by atoms with van der Waals surface area (Å²) in [6, 6.07) is 10.4. The van der Waals surface area contributed by atoms with Crippen LogP contribution < -0.4 is 5.73 Å². The Bertz CT molecular complexity index is 576. The van der Waals surface area contributed by atoms with E-state index in [0.717, 1.165) is 15.4 Å². The minimum Gasteiger partial charge on any atom is -0.325 e. The van der Waals surface area contributed by atoms with Crippen LogP contribution in [0, 0.1) is 11.3 Å². The molecule has 0 aliphatic heterocycles. The van der Waals surface area contributed by atoms with Crippen LogP contribution >= 0.6 is 11.3 Å². The lowest BCUT2D eigenvalue weighted by Gasteiger charge is -2.05. The number of nitrogens with two attached hydrogens (primary N) is 1.